The van der Waals surface area contributed by atoms with Crippen LogP contribution < -0.4 is 0 Å². The zero-order valence-electron chi connectivity index (χ0n) is 10.4. The molecule has 1 aromatic heterocycles. The Labute approximate surface area is 118 Å². The number of rotatable bonds is 4. The molecule has 0 saturated heterocycles. The molecule has 0 aliphatic rings. The summed E-state index contributed by atoms with van der Waals surface area (Å²) in [5.41, 5.74) is 1.16. The van der Waals surface area contributed by atoms with E-state index in [9.17, 15) is 9.18 Å². The summed E-state index contributed by atoms with van der Waals surface area (Å²) in [5.74, 6) is -1.37. The zero-order valence-corrected chi connectivity index (χ0v) is 11.9. The number of aromatic carboxylic acids is 1. The second kappa shape index (κ2) is 5.57. The molecule has 1 heterocycles. The van der Waals surface area contributed by atoms with E-state index in [2.05, 4.69) is 15.9 Å². The number of carboxylic acids is 1. The summed E-state index contributed by atoms with van der Waals surface area (Å²) in [4.78, 5) is 11.2. The fourth-order valence-electron chi connectivity index (χ4n) is 2.05. The third-order valence-electron chi connectivity index (χ3n) is 2.85. The van der Waals surface area contributed by atoms with Gasteiger partial charge in [-0.15, -0.1) is 0 Å². The van der Waals surface area contributed by atoms with Gasteiger partial charge < -0.3 is 9.67 Å². The van der Waals surface area contributed by atoms with E-state index in [-0.39, 0.29) is 11.5 Å². The zero-order chi connectivity index (χ0) is 14.0. The van der Waals surface area contributed by atoms with Gasteiger partial charge >= 0.3 is 5.97 Å². The highest BCUT2D eigenvalue weighted by Crippen LogP contribution is 2.28. The molecule has 0 amide bonds. The number of hydrogen-bond acceptors (Lipinski definition) is 1. The molecule has 1 aromatic carbocycles. The van der Waals surface area contributed by atoms with E-state index < -0.39 is 5.97 Å². The Bertz CT molecular complexity index is 622. The molecule has 5 heteroatoms. The van der Waals surface area contributed by atoms with Crippen LogP contribution in [0.2, 0.25) is 0 Å². The van der Waals surface area contributed by atoms with Crippen molar-refractivity contribution in [1.29, 1.82) is 0 Å². The highest BCUT2D eigenvalue weighted by Gasteiger charge is 2.17. The Balaban J connectivity index is 2.61. The lowest BCUT2D eigenvalue weighted by atomic mass is 10.1. The second-order valence-corrected chi connectivity index (χ2v) is 5.10. The molecule has 2 rings (SSSR count). The van der Waals surface area contributed by atoms with Crippen LogP contribution >= 0.6 is 15.9 Å². The summed E-state index contributed by atoms with van der Waals surface area (Å²) in [6, 6.07) is 7.78. The van der Waals surface area contributed by atoms with E-state index >= 15 is 0 Å². The van der Waals surface area contributed by atoms with E-state index in [0.717, 1.165) is 10.9 Å². The molecule has 0 atom stereocenters. The van der Waals surface area contributed by atoms with Crippen molar-refractivity contribution in [2.75, 3.05) is 0 Å². The van der Waals surface area contributed by atoms with Gasteiger partial charge in [-0.3, -0.25) is 0 Å². The fourth-order valence-corrected chi connectivity index (χ4v) is 2.41. The molecule has 0 unspecified atom stereocenters. The van der Waals surface area contributed by atoms with E-state index in [1.807, 2.05) is 6.92 Å². The SMILES string of the molecule is CCCn1c(C(=O)O)ccc1-c1cc(Br)ccc1F. The molecular formula is C14H13BrFNO2. The summed E-state index contributed by atoms with van der Waals surface area (Å²) in [7, 11) is 0. The van der Waals surface area contributed by atoms with Gasteiger partial charge in [0.25, 0.3) is 0 Å². The van der Waals surface area contributed by atoms with Gasteiger partial charge in [0.1, 0.15) is 11.5 Å². The maximum atomic E-state index is 13.9. The number of carbonyl (C=O) groups is 1. The van der Waals surface area contributed by atoms with E-state index in [0.29, 0.717) is 17.8 Å². The molecule has 0 aliphatic heterocycles. The molecule has 0 aliphatic carbocycles. The Morgan fingerprint density at radius 3 is 2.74 bits per heavy atom. The lowest BCUT2D eigenvalue weighted by molar-refractivity contribution is 0.0685. The van der Waals surface area contributed by atoms with Crippen molar-refractivity contribution in [3.05, 3.63) is 46.3 Å². The third kappa shape index (κ3) is 2.71. The highest BCUT2D eigenvalue weighted by atomic mass is 79.9. The second-order valence-electron chi connectivity index (χ2n) is 4.18. The average Bonchev–Trinajstić information content (AvgIpc) is 2.76. The van der Waals surface area contributed by atoms with Gasteiger partial charge in [-0.1, -0.05) is 22.9 Å². The number of hydrogen-bond donors (Lipinski definition) is 1. The predicted molar refractivity (Wildman–Crippen MR) is 74.8 cm³/mol. The quantitative estimate of drug-likeness (QED) is 0.916. The van der Waals surface area contributed by atoms with Crippen molar-refractivity contribution in [3.63, 3.8) is 0 Å². The summed E-state index contributed by atoms with van der Waals surface area (Å²) in [6.45, 7) is 2.49. The van der Waals surface area contributed by atoms with Gasteiger partial charge in [-0.05, 0) is 36.8 Å². The van der Waals surface area contributed by atoms with Gasteiger partial charge in [0, 0.05) is 16.6 Å². The Morgan fingerprint density at radius 2 is 2.11 bits per heavy atom. The standard InChI is InChI=1S/C14H13BrFNO2/c1-2-7-17-12(5-6-13(17)14(18)19)10-8-9(15)3-4-11(10)16/h3-6,8H,2,7H2,1H3,(H,18,19). The number of benzene rings is 1. The minimum Gasteiger partial charge on any atom is -0.477 e. The number of nitrogens with zero attached hydrogens (tertiary/aromatic N) is 1. The number of aromatic nitrogens is 1. The average molecular weight is 326 g/mol. The van der Waals surface area contributed by atoms with Crippen LogP contribution in [0.5, 0.6) is 0 Å². The van der Waals surface area contributed by atoms with Gasteiger partial charge in [0.15, 0.2) is 0 Å². The molecule has 0 bridgehead atoms. The number of carboxylic acid groups (broad SMARTS) is 1. The lowest BCUT2D eigenvalue weighted by Gasteiger charge is -2.11. The van der Waals surface area contributed by atoms with Crippen LogP contribution in [0.1, 0.15) is 23.8 Å². The summed E-state index contributed by atoms with van der Waals surface area (Å²) < 4.78 is 16.3. The van der Waals surface area contributed by atoms with Gasteiger partial charge in [-0.25, -0.2) is 9.18 Å². The van der Waals surface area contributed by atoms with Crippen LogP contribution in [-0.2, 0) is 6.54 Å². The molecule has 0 saturated carbocycles. The van der Waals surface area contributed by atoms with Gasteiger partial charge in [-0.2, -0.15) is 0 Å². The van der Waals surface area contributed by atoms with E-state index in [1.165, 1.54) is 12.1 Å². The molecule has 19 heavy (non-hydrogen) atoms. The molecule has 0 radical (unpaired) electrons. The Kier molecular flexibility index (Phi) is 4.04. The summed E-state index contributed by atoms with van der Waals surface area (Å²) in [5, 5.41) is 9.15. The van der Waals surface area contributed by atoms with Gasteiger partial charge in [0.2, 0.25) is 0 Å². The van der Waals surface area contributed by atoms with Crippen LogP contribution in [0.3, 0.4) is 0 Å². The monoisotopic (exact) mass is 325 g/mol. The molecule has 2 aromatic rings. The molecule has 1 N–H and O–H groups in total. The Hall–Kier alpha value is -1.62. The number of halogens is 2. The fraction of sp³-hybridized carbons (Fsp3) is 0.214. The third-order valence-corrected chi connectivity index (χ3v) is 3.34. The highest BCUT2D eigenvalue weighted by molar-refractivity contribution is 9.10. The first kappa shape index (κ1) is 13.8. The van der Waals surface area contributed by atoms with Crippen molar-refractivity contribution in [2.24, 2.45) is 0 Å². The molecule has 3 nitrogen and oxygen atoms in total. The molecule has 0 spiro atoms. The first-order valence-electron chi connectivity index (χ1n) is 5.92. The van der Waals surface area contributed by atoms with Gasteiger partial charge in [0.05, 0.1) is 5.69 Å². The van der Waals surface area contributed by atoms with Crippen LogP contribution in [0.15, 0.2) is 34.8 Å². The molecular weight excluding hydrogens is 313 g/mol. The van der Waals surface area contributed by atoms with E-state index in [4.69, 9.17) is 5.11 Å². The minimum atomic E-state index is -1.00. The first-order chi connectivity index (χ1) is 9.04. The first-order valence-corrected chi connectivity index (χ1v) is 6.72. The van der Waals surface area contributed by atoms with Crippen LogP contribution in [0.25, 0.3) is 11.3 Å². The maximum absolute atomic E-state index is 13.9. The van der Waals surface area contributed by atoms with Crippen molar-refractivity contribution < 1.29 is 14.3 Å². The smallest absolute Gasteiger partial charge is 0.352 e. The molecule has 0 fully saturated rings. The normalized spacial score (nSPS) is 10.7. The largest absolute Gasteiger partial charge is 0.477 e. The summed E-state index contributed by atoms with van der Waals surface area (Å²) in [6.07, 6.45) is 0.775. The van der Waals surface area contributed by atoms with Crippen molar-refractivity contribution in [2.45, 2.75) is 19.9 Å². The van der Waals surface area contributed by atoms with Crippen molar-refractivity contribution in [3.8, 4) is 11.3 Å². The minimum absolute atomic E-state index is 0.177. The van der Waals surface area contributed by atoms with Crippen LogP contribution in [0.4, 0.5) is 4.39 Å². The van der Waals surface area contributed by atoms with Crippen LogP contribution in [0, 0.1) is 5.82 Å². The molecule has 100 valence electrons. The lowest BCUT2D eigenvalue weighted by Crippen LogP contribution is -2.09. The maximum Gasteiger partial charge on any atom is 0.352 e. The van der Waals surface area contributed by atoms with Crippen molar-refractivity contribution in [1.82, 2.24) is 4.57 Å². The van der Waals surface area contributed by atoms with E-state index in [1.54, 1.807) is 22.8 Å². The predicted octanol–water partition coefficient (Wildman–Crippen LogP) is 4.16. The Morgan fingerprint density at radius 1 is 1.37 bits per heavy atom. The van der Waals surface area contributed by atoms with Crippen molar-refractivity contribution >= 4 is 21.9 Å². The summed E-state index contributed by atoms with van der Waals surface area (Å²) >= 11 is 3.30. The topological polar surface area (TPSA) is 42.2 Å². The van der Waals surface area contributed by atoms with Crippen LogP contribution in [-0.4, -0.2) is 15.6 Å².